The van der Waals surface area contributed by atoms with Crippen LogP contribution < -0.4 is 20.1 Å². The van der Waals surface area contributed by atoms with Crippen molar-refractivity contribution in [1.82, 2.24) is 0 Å². The van der Waals surface area contributed by atoms with Gasteiger partial charge in [0.05, 0.1) is 5.75 Å². The molecule has 0 spiro atoms. The molecule has 0 unspecified atom stereocenters. The molecule has 0 aliphatic carbocycles. The van der Waals surface area contributed by atoms with Crippen LogP contribution in [0.2, 0.25) is 0 Å². The van der Waals surface area contributed by atoms with E-state index < -0.39 is 0 Å². The van der Waals surface area contributed by atoms with Crippen LogP contribution in [0.3, 0.4) is 0 Å². The summed E-state index contributed by atoms with van der Waals surface area (Å²) in [7, 11) is 0. The number of thioether (sulfide) groups is 1. The van der Waals surface area contributed by atoms with Crippen LogP contribution in [0.15, 0.2) is 114 Å². The van der Waals surface area contributed by atoms with E-state index in [0.29, 0.717) is 22.9 Å². The topological polar surface area (TPSA) is 76.7 Å². The summed E-state index contributed by atoms with van der Waals surface area (Å²) in [5.74, 6) is 2.01. The summed E-state index contributed by atoms with van der Waals surface area (Å²) in [5, 5.41) is 5.68. The van der Waals surface area contributed by atoms with Gasteiger partial charge in [-0.2, -0.15) is 0 Å². The van der Waals surface area contributed by atoms with Gasteiger partial charge in [-0.25, -0.2) is 0 Å². The smallest absolute Gasteiger partial charge is 0.262 e. The van der Waals surface area contributed by atoms with Gasteiger partial charge in [-0.1, -0.05) is 36.4 Å². The van der Waals surface area contributed by atoms with E-state index in [9.17, 15) is 9.59 Å². The second-order valence-corrected chi connectivity index (χ2v) is 8.50. The van der Waals surface area contributed by atoms with Crippen LogP contribution in [0.5, 0.6) is 17.2 Å². The maximum absolute atomic E-state index is 12.3. The van der Waals surface area contributed by atoms with Gasteiger partial charge >= 0.3 is 0 Å². The molecule has 4 aromatic rings. The summed E-state index contributed by atoms with van der Waals surface area (Å²) < 4.78 is 11.2. The zero-order chi connectivity index (χ0) is 24.3. The van der Waals surface area contributed by atoms with Gasteiger partial charge in [0, 0.05) is 16.3 Å². The fourth-order valence-corrected chi connectivity index (χ4v) is 3.77. The van der Waals surface area contributed by atoms with Crippen LogP contribution in [-0.4, -0.2) is 24.2 Å². The van der Waals surface area contributed by atoms with Crippen LogP contribution in [0.1, 0.15) is 0 Å². The quantitative estimate of drug-likeness (QED) is 0.261. The summed E-state index contributed by atoms with van der Waals surface area (Å²) in [6.07, 6.45) is 0. The fraction of sp³-hybridized carbons (Fsp3) is 0.0714. The lowest BCUT2D eigenvalue weighted by Crippen LogP contribution is -2.20. The Kier molecular flexibility index (Phi) is 8.40. The second-order valence-electron chi connectivity index (χ2n) is 7.45. The summed E-state index contributed by atoms with van der Waals surface area (Å²) in [4.78, 5) is 25.3. The van der Waals surface area contributed by atoms with E-state index in [2.05, 4.69) is 10.6 Å². The standard InChI is InChI=1S/C28H24N2O4S/c31-27(19-33-23-7-3-1-4-8-23)29-22-13-17-26(18-14-22)35-20-28(32)30-21-11-15-25(16-12-21)34-24-9-5-2-6-10-24/h1-18H,19-20H2,(H,29,31)(H,30,32). The minimum absolute atomic E-state index is 0.0694. The molecule has 0 aliphatic rings. The molecular weight excluding hydrogens is 460 g/mol. The molecule has 0 atom stereocenters. The van der Waals surface area contributed by atoms with Gasteiger partial charge in [-0.15, -0.1) is 11.8 Å². The molecule has 0 heterocycles. The summed E-state index contributed by atoms with van der Waals surface area (Å²) in [6, 6.07) is 33.2. The Balaban J connectivity index is 1.18. The van der Waals surface area contributed by atoms with E-state index in [1.54, 1.807) is 36.4 Å². The number of carbonyl (C=O) groups is 2. The van der Waals surface area contributed by atoms with E-state index in [4.69, 9.17) is 9.47 Å². The summed E-state index contributed by atoms with van der Waals surface area (Å²) in [6.45, 7) is -0.0694. The van der Waals surface area contributed by atoms with Crippen LogP contribution in [0.25, 0.3) is 0 Å². The normalized spacial score (nSPS) is 10.3. The number of nitrogens with one attached hydrogen (secondary N) is 2. The van der Waals surface area contributed by atoms with Gasteiger partial charge in [-0.3, -0.25) is 9.59 Å². The molecule has 6 nitrogen and oxygen atoms in total. The number of anilines is 2. The van der Waals surface area contributed by atoms with Crippen molar-refractivity contribution < 1.29 is 19.1 Å². The number of hydrogen-bond donors (Lipinski definition) is 2. The first-order chi connectivity index (χ1) is 17.1. The monoisotopic (exact) mass is 484 g/mol. The lowest BCUT2D eigenvalue weighted by molar-refractivity contribution is -0.118. The molecule has 0 saturated heterocycles. The van der Waals surface area contributed by atoms with Crippen LogP contribution in [-0.2, 0) is 9.59 Å². The third-order valence-electron chi connectivity index (χ3n) is 4.74. The Labute approximate surface area is 208 Å². The lowest BCUT2D eigenvalue weighted by Gasteiger charge is -2.09. The molecule has 2 amide bonds. The van der Waals surface area contributed by atoms with Crippen LogP contribution in [0, 0.1) is 0 Å². The van der Waals surface area contributed by atoms with Crippen LogP contribution >= 0.6 is 11.8 Å². The van der Waals surface area contributed by atoms with Crippen molar-refractivity contribution >= 4 is 35.0 Å². The number of carbonyl (C=O) groups excluding carboxylic acids is 2. The van der Waals surface area contributed by atoms with Gasteiger partial charge < -0.3 is 20.1 Å². The molecule has 2 N–H and O–H groups in total. The summed E-state index contributed by atoms with van der Waals surface area (Å²) >= 11 is 1.41. The summed E-state index contributed by atoms with van der Waals surface area (Å²) in [5.41, 5.74) is 1.37. The number of hydrogen-bond acceptors (Lipinski definition) is 5. The van der Waals surface area contributed by atoms with Crippen molar-refractivity contribution in [1.29, 1.82) is 0 Å². The van der Waals surface area contributed by atoms with Crippen molar-refractivity contribution in [3.05, 3.63) is 109 Å². The Morgan fingerprint density at radius 1 is 0.600 bits per heavy atom. The first kappa shape index (κ1) is 23.9. The van der Waals surface area contributed by atoms with Gasteiger partial charge in [0.2, 0.25) is 5.91 Å². The average molecular weight is 485 g/mol. The molecule has 0 aliphatic heterocycles. The molecule has 176 valence electrons. The van der Waals surface area contributed by atoms with Crippen LogP contribution in [0.4, 0.5) is 11.4 Å². The SMILES string of the molecule is O=C(COc1ccccc1)Nc1ccc(SCC(=O)Nc2ccc(Oc3ccccc3)cc2)cc1. The highest BCUT2D eigenvalue weighted by Crippen LogP contribution is 2.24. The zero-order valence-electron chi connectivity index (χ0n) is 18.8. The van der Waals surface area contributed by atoms with Crippen molar-refractivity contribution in [3.8, 4) is 17.2 Å². The molecule has 4 rings (SSSR count). The average Bonchev–Trinajstić information content (AvgIpc) is 2.89. The molecule has 0 saturated carbocycles. The minimum Gasteiger partial charge on any atom is -0.484 e. The third kappa shape index (κ3) is 7.94. The van der Waals surface area contributed by atoms with Crippen molar-refractivity contribution in [2.45, 2.75) is 4.90 Å². The number of amides is 2. The zero-order valence-corrected chi connectivity index (χ0v) is 19.7. The maximum Gasteiger partial charge on any atom is 0.262 e. The number of benzene rings is 4. The van der Waals surface area contributed by atoms with E-state index >= 15 is 0 Å². The van der Waals surface area contributed by atoms with Crippen molar-refractivity contribution in [2.75, 3.05) is 23.0 Å². The van der Waals surface area contributed by atoms with E-state index in [-0.39, 0.29) is 24.2 Å². The largest absolute Gasteiger partial charge is 0.484 e. The van der Waals surface area contributed by atoms with Gasteiger partial charge in [0.25, 0.3) is 5.91 Å². The fourth-order valence-electron chi connectivity index (χ4n) is 3.07. The Bertz CT molecular complexity index is 1230. The Morgan fingerprint density at radius 3 is 1.74 bits per heavy atom. The minimum atomic E-state index is -0.242. The molecule has 7 heteroatoms. The molecular formula is C28H24N2O4S. The second kappa shape index (κ2) is 12.3. The van der Waals surface area contributed by atoms with E-state index in [1.807, 2.05) is 72.8 Å². The van der Waals surface area contributed by atoms with Crippen molar-refractivity contribution in [2.24, 2.45) is 0 Å². The van der Waals surface area contributed by atoms with E-state index in [0.717, 1.165) is 10.6 Å². The van der Waals surface area contributed by atoms with Gasteiger partial charge in [0.1, 0.15) is 17.2 Å². The van der Waals surface area contributed by atoms with Crippen molar-refractivity contribution in [3.63, 3.8) is 0 Å². The Morgan fingerprint density at radius 2 is 1.11 bits per heavy atom. The highest BCUT2D eigenvalue weighted by molar-refractivity contribution is 8.00. The van der Waals surface area contributed by atoms with Gasteiger partial charge in [-0.05, 0) is 72.8 Å². The van der Waals surface area contributed by atoms with E-state index in [1.165, 1.54) is 11.8 Å². The first-order valence-corrected chi connectivity index (χ1v) is 12.0. The number of rotatable bonds is 10. The number of para-hydroxylation sites is 2. The molecule has 0 aromatic heterocycles. The molecule has 0 radical (unpaired) electrons. The number of ether oxygens (including phenoxy) is 2. The predicted octanol–water partition coefficient (Wildman–Crippen LogP) is 6.23. The Hall–Kier alpha value is -4.23. The molecule has 0 bridgehead atoms. The molecule has 0 fully saturated rings. The predicted molar refractivity (Wildman–Crippen MR) is 139 cm³/mol. The maximum atomic E-state index is 12.3. The molecule has 4 aromatic carbocycles. The third-order valence-corrected chi connectivity index (χ3v) is 5.75. The highest BCUT2D eigenvalue weighted by atomic mass is 32.2. The first-order valence-electron chi connectivity index (χ1n) is 11.0. The molecule has 35 heavy (non-hydrogen) atoms. The lowest BCUT2D eigenvalue weighted by atomic mass is 10.3. The highest BCUT2D eigenvalue weighted by Gasteiger charge is 2.07. The van der Waals surface area contributed by atoms with Gasteiger partial charge in [0.15, 0.2) is 6.61 Å².